The molecule has 0 bridgehead atoms. The predicted octanol–water partition coefficient (Wildman–Crippen LogP) is 8.99. The Morgan fingerprint density at radius 2 is 0.848 bits per heavy atom. The lowest BCUT2D eigenvalue weighted by Crippen LogP contribution is -2.08. The Kier molecular flexibility index (Phi) is 7.37. The lowest BCUT2D eigenvalue weighted by Gasteiger charge is -2.13. The Labute approximate surface area is 263 Å². The van der Waals surface area contributed by atoms with Gasteiger partial charge in [-0.25, -0.2) is 9.59 Å². The van der Waals surface area contributed by atoms with Gasteiger partial charge in [0, 0.05) is 28.0 Å². The van der Waals surface area contributed by atoms with Gasteiger partial charge in [-0.1, -0.05) is 109 Å². The van der Waals surface area contributed by atoms with E-state index in [1.807, 2.05) is 91.0 Å². The van der Waals surface area contributed by atoms with E-state index in [0.29, 0.717) is 44.2 Å². The normalized spacial score (nSPS) is 11.7. The van der Waals surface area contributed by atoms with Crippen molar-refractivity contribution in [3.05, 3.63) is 164 Å². The fourth-order valence-corrected chi connectivity index (χ4v) is 5.57. The van der Waals surface area contributed by atoms with Gasteiger partial charge in [0.25, 0.3) is 0 Å². The van der Waals surface area contributed by atoms with Gasteiger partial charge in [-0.3, -0.25) is 0 Å². The molecular formula is C40H26O6. The quantitative estimate of drug-likeness (QED) is 0.146. The summed E-state index contributed by atoms with van der Waals surface area (Å²) in [5.74, 6) is 0.311. The Bertz CT molecular complexity index is 2210. The summed E-state index contributed by atoms with van der Waals surface area (Å²) in [6, 6.07) is 35.6. The average Bonchev–Trinajstić information content (AvgIpc) is 3.07. The highest BCUT2D eigenvalue weighted by atomic mass is 16.4. The Morgan fingerprint density at radius 3 is 1.24 bits per heavy atom. The van der Waals surface area contributed by atoms with E-state index in [2.05, 4.69) is 0 Å². The van der Waals surface area contributed by atoms with E-state index in [-0.39, 0.29) is 22.7 Å². The minimum absolute atomic E-state index is 0.156. The van der Waals surface area contributed by atoms with Crippen LogP contribution in [0.4, 0.5) is 0 Å². The summed E-state index contributed by atoms with van der Waals surface area (Å²) in [6.07, 6.45) is 7.47. The van der Waals surface area contributed by atoms with Crippen LogP contribution in [0.3, 0.4) is 0 Å². The molecule has 0 unspecified atom stereocenters. The highest BCUT2D eigenvalue weighted by molar-refractivity contribution is 6.06. The van der Waals surface area contributed by atoms with Gasteiger partial charge in [-0.2, -0.15) is 0 Å². The molecule has 2 heterocycles. The minimum Gasteiger partial charge on any atom is -0.508 e. The molecule has 0 aliphatic heterocycles. The topological polar surface area (TPSA) is 101 Å². The fraction of sp³-hybridized carbons (Fsp3) is 0. The standard InChI is InChI=1S/C40H26O6/c41-29-17-11-25(12-18-29)15-21-31-33-23-34-32(22-16-26-13-19-30(42)20-14-26)38(28-9-5-2-6-10-28)40(44)46-36(34)24-35(33)45-39(43)37(31)27-7-3-1-4-8-27/h1-24,41-42H/b21-15+,22-16+. The largest absolute Gasteiger partial charge is 0.508 e. The van der Waals surface area contributed by atoms with E-state index in [0.717, 1.165) is 11.1 Å². The molecule has 7 rings (SSSR count). The number of aromatic hydroxyl groups is 2. The van der Waals surface area contributed by atoms with Crippen LogP contribution in [0.25, 0.3) is 68.5 Å². The van der Waals surface area contributed by atoms with Crippen molar-refractivity contribution in [1.29, 1.82) is 0 Å². The zero-order valence-corrected chi connectivity index (χ0v) is 24.4. The van der Waals surface area contributed by atoms with Crippen LogP contribution in [-0.4, -0.2) is 10.2 Å². The van der Waals surface area contributed by atoms with Crippen LogP contribution in [-0.2, 0) is 0 Å². The van der Waals surface area contributed by atoms with Crippen molar-refractivity contribution in [1.82, 2.24) is 0 Å². The lowest BCUT2D eigenvalue weighted by molar-refractivity contribution is 0.474. The molecule has 0 radical (unpaired) electrons. The summed E-state index contributed by atoms with van der Waals surface area (Å²) in [5.41, 5.74) is 4.58. The first-order chi connectivity index (χ1) is 22.4. The number of phenolic OH excluding ortho intramolecular Hbond substituents is 2. The third-order valence-electron chi connectivity index (χ3n) is 7.81. The summed E-state index contributed by atoms with van der Waals surface area (Å²) in [5, 5.41) is 20.8. The van der Waals surface area contributed by atoms with E-state index in [1.54, 1.807) is 54.6 Å². The Hall–Kier alpha value is -6.40. The fourth-order valence-electron chi connectivity index (χ4n) is 5.57. The third-order valence-corrected chi connectivity index (χ3v) is 7.81. The van der Waals surface area contributed by atoms with Gasteiger partial charge < -0.3 is 19.0 Å². The molecule has 0 aliphatic carbocycles. The Balaban J connectivity index is 1.55. The molecule has 0 saturated heterocycles. The summed E-state index contributed by atoms with van der Waals surface area (Å²) >= 11 is 0. The Morgan fingerprint density at radius 1 is 0.457 bits per heavy atom. The van der Waals surface area contributed by atoms with Gasteiger partial charge in [-0.05, 0) is 52.6 Å². The van der Waals surface area contributed by atoms with Crippen molar-refractivity contribution in [2.24, 2.45) is 0 Å². The first-order valence-electron chi connectivity index (χ1n) is 14.6. The van der Waals surface area contributed by atoms with E-state index < -0.39 is 11.3 Å². The first-order valence-corrected chi connectivity index (χ1v) is 14.6. The molecule has 2 aromatic heterocycles. The van der Waals surface area contributed by atoms with Crippen LogP contribution >= 0.6 is 0 Å². The molecule has 7 aromatic rings. The third kappa shape index (κ3) is 5.51. The molecule has 46 heavy (non-hydrogen) atoms. The van der Waals surface area contributed by atoms with Crippen LogP contribution in [0.2, 0.25) is 0 Å². The molecule has 222 valence electrons. The average molecular weight is 603 g/mol. The maximum Gasteiger partial charge on any atom is 0.344 e. The van der Waals surface area contributed by atoms with Gasteiger partial charge in [0.2, 0.25) is 0 Å². The molecule has 0 aliphatic rings. The molecule has 2 N–H and O–H groups in total. The number of hydrogen-bond acceptors (Lipinski definition) is 6. The lowest BCUT2D eigenvalue weighted by atomic mass is 9.93. The van der Waals surface area contributed by atoms with Gasteiger partial charge >= 0.3 is 11.3 Å². The molecule has 6 nitrogen and oxygen atoms in total. The van der Waals surface area contributed by atoms with Crippen molar-refractivity contribution in [2.45, 2.75) is 0 Å². The number of rotatable bonds is 6. The van der Waals surface area contributed by atoms with Crippen molar-refractivity contribution >= 4 is 46.2 Å². The van der Waals surface area contributed by atoms with Gasteiger partial charge in [0.1, 0.15) is 22.7 Å². The number of phenols is 2. The van der Waals surface area contributed by atoms with Crippen molar-refractivity contribution < 1.29 is 19.0 Å². The summed E-state index contributed by atoms with van der Waals surface area (Å²) in [4.78, 5) is 27.1. The van der Waals surface area contributed by atoms with Gasteiger partial charge in [0.15, 0.2) is 0 Å². The molecule has 0 spiro atoms. The monoisotopic (exact) mass is 602 g/mol. The van der Waals surface area contributed by atoms with Crippen molar-refractivity contribution in [3.63, 3.8) is 0 Å². The second kappa shape index (κ2) is 11.9. The van der Waals surface area contributed by atoms with Crippen molar-refractivity contribution in [2.75, 3.05) is 0 Å². The van der Waals surface area contributed by atoms with E-state index in [4.69, 9.17) is 8.83 Å². The highest BCUT2D eigenvalue weighted by Crippen LogP contribution is 2.36. The second-order valence-electron chi connectivity index (χ2n) is 10.8. The number of hydrogen-bond donors (Lipinski definition) is 2. The molecule has 5 aromatic carbocycles. The maximum absolute atomic E-state index is 13.5. The van der Waals surface area contributed by atoms with Crippen LogP contribution < -0.4 is 11.3 Å². The van der Waals surface area contributed by atoms with Crippen molar-refractivity contribution in [3.8, 4) is 33.8 Å². The van der Waals surface area contributed by atoms with Gasteiger partial charge in [0.05, 0.1) is 11.1 Å². The smallest absolute Gasteiger partial charge is 0.344 e. The second-order valence-corrected chi connectivity index (χ2v) is 10.8. The molecule has 0 saturated carbocycles. The molecule has 0 fully saturated rings. The highest BCUT2D eigenvalue weighted by Gasteiger charge is 2.20. The van der Waals surface area contributed by atoms with Crippen LogP contribution in [0.1, 0.15) is 22.3 Å². The number of fused-ring (bicyclic) bond motifs is 2. The summed E-state index contributed by atoms with van der Waals surface area (Å²) < 4.78 is 11.7. The molecular weight excluding hydrogens is 576 g/mol. The molecule has 0 amide bonds. The molecule has 0 atom stereocenters. The van der Waals surface area contributed by atoms with Crippen LogP contribution in [0.5, 0.6) is 11.5 Å². The predicted molar refractivity (Wildman–Crippen MR) is 183 cm³/mol. The van der Waals surface area contributed by atoms with E-state index in [9.17, 15) is 19.8 Å². The van der Waals surface area contributed by atoms with Gasteiger partial charge in [-0.15, -0.1) is 0 Å². The summed E-state index contributed by atoms with van der Waals surface area (Å²) in [6.45, 7) is 0. The zero-order valence-electron chi connectivity index (χ0n) is 24.4. The number of benzene rings is 5. The summed E-state index contributed by atoms with van der Waals surface area (Å²) in [7, 11) is 0. The zero-order chi connectivity index (χ0) is 31.6. The molecule has 6 heteroatoms. The SMILES string of the molecule is O=c1oc2cc3oc(=O)c(-c4ccccc4)c(/C=C/c4ccc(O)cc4)c3cc2c(/C=C/c2ccc(O)cc2)c1-c1ccccc1. The van der Waals surface area contributed by atoms with Crippen LogP contribution in [0, 0.1) is 0 Å². The van der Waals surface area contributed by atoms with Crippen LogP contribution in [0.15, 0.2) is 140 Å². The van der Waals surface area contributed by atoms with E-state index >= 15 is 0 Å². The van der Waals surface area contributed by atoms with E-state index in [1.165, 1.54) is 0 Å². The first kappa shape index (κ1) is 28.4. The minimum atomic E-state index is -0.529. The maximum atomic E-state index is 13.5.